The summed E-state index contributed by atoms with van der Waals surface area (Å²) in [6.07, 6.45) is 2.85. The highest BCUT2D eigenvalue weighted by atomic mass is 79.9. The van der Waals surface area contributed by atoms with E-state index < -0.39 is 17.5 Å². The van der Waals surface area contributed by atoms with Gasteiger partial charge in [0.15, 0.2) is 0 Å². The SMILES string of the molecule is CC(C)(C)OC(=O)n1nc(-c2ccnc(N3CCOCC3)c2)c2cc(Br)c(F)cc21.Fc1ccc2c(c1)CN=C2c1ccnc(N2CCOCC2)c1. The summed E-state index contributed by atoms with van der Waals surface area (Å²) in [7, 11) is 0. The number of benzene rings is 2. The molecule has 52 heavy (non-hydrogen) atoms. The molecule has 0 aliphatic carbocycles. The Morgan fingerprint density at radius 1 is 0.827 bits per heavy atom. The first-order valence-electron chi connectivity index (χ1n) is 17.1. The lowest BCUT2D eigenvalue weighted by Crippen LogP contribution is -2.36. The number of fused-ring (bicyclic) bond motifs is 2. The molecule has 3 aromatic heterocycles. The van der Waals surface area contributed by atoms with Crippen LogP contribution in [0.25, 0.3) is 22.2 Å². The molecule has 5 aromatic rings. The van der Waals surface area contributed by atoms with E-state index in [1.165, 1.54) is 12.1 Å². The first-order chi connectivity index (χ1) is 25.0. The van der Waals surface area contributed by atoms with E-state index in [9.17, 15) is 13.6 Å². The molecule has 2 saturated heterocycles. The third-order valence-electron chi connectivity index (χ3n) is 8.73. The zero-order valence-electron chi connectivity index (χ0n) is 29.1. The molecule has 6 heterocycles. The van der Waals surface area contributed by atoms with Crippen LogP contribution in [0, 0.1) is 11.6 Å². The Morgan fingerprint density at radius 3 is 2.08 bits per heavy atom. The number of aliphatic imine (C=N–C) groups is 1. The molecule has 0 N–H and O–H groups in total. The minimum atomic E-state index is -0.705. The number of aromatic nitrogens is 4. The van der Waals surface area contributed by atoms with Crippen LogP contribution in [0.5, 0.6) is 0 Å². The molecular weight excluding hydrogens is 736 g/mol. The van der Waals surface area contributed by atoms with Crippen molar-refractivity contribution < 1.29 is 27.8 Å². The largest absolute Gasteiger partial charge is 0.442 e. The van der Waals surface area contributed by atoms with Gasteiger partial charge in [-0.3, -0.25) is 4.99 Å². The molecule has 2 aromatic carbocycles. The van der Waals surface area contributed by atoms with Gasteiger partial charge in [0.2, 0.25) is 0 Å². The van der Waals surface area contributed by atoms with Gasteiger partial charge < -0.3 is 24.0 Å². The zero-order chi connectivity index (χ0) is 36.4. The van der Waals surface area contributed by atoms with Gasteiger partial charge in [-0.15, -0.1) is 0 Å². The Morgan fingerprint density at radius 2 is 1.44 bits per heavy atom. The van der Waals surface area contributed by atoms with E-state index in [0.717, 1.165) is 83.7 Å². The average molecular weight is 775 g/mol. The normalized spacial score (nSPS) is 15.9. The first-order valence-corrected chi connectivity index (χ1v) is 17.9. The molecule has 0 amide bonds. The van der Waals surface area contributed by atoms with E-state index in [2.05, 4.69) is 51.9 Å². The third-order valence-corrected chi connectivity index (χ3v) is 9.33. The highest BCUT2D eigenvalue weighted by Gasteiger charge is 2.25. The molecule has 3 aliphatic heterocycles. The number of halogens is 3. The van der Waals surface area contributed by atoms with Crippen molar-refractivity contribution >= 4 is 50.3 Å². The fourth-order valence-electron chi connectivity index (χ4n) is 6.25. The molecule has 0 bridgehead atoms. The lowest BCUT2D eigenvalue weighted by atomic mass is 10.0. The molecule has 270 valence electrons. The highest BCUT2D eigenvalue weighted by molar-refractivity contribution is 9.10. The van der Waals surface area contributed by atoms with Gasteiger partial charge in [0, 0.05) is 66.7 Å². The van der Waals surface area contributed by atoms with Crippen molar-refractivity contribution in [1.29, 1.82) is 0 Å². The summed E-state index contributed by atoms with van der Waals surface area (Å²) in [4.78, 5) is 30.6. The monoisotopic (exact) mass is 773 g/mol. The van der Waals surface area contributed by atoms with Crippen LogP contribution in [-0.4, -0.2) is 89.8 Å². The van der Waals surface area contributed by atoms with Crippen molar-refractivity contribution in [3.63, 3.8) is 0 Å². The maximum Gasteiger partial charge on any atom is 0.435 e. The molecular formula is C38H38BrF2N7O4. The van der Waals surface area contributed by atoms with Gasteiger partial charge in [-0.1, -0.05) is 0 Å². The van der Waals surface area contributed by atoms with E-state index in [4.69, 9.17) is 14.2 Å². The second kappa shape index (κ2) is 15.1. The van der Waals surface area contributed by atoms with Crippen LogP contribution in [0.2, 0.25) is 0 Å². The number of morpholine rings is 2. The average Bonchev–Trinajstić information content (AvgIpc) is 3.73. The van der Waals surface area contributed by atoms with Crippen LogP contribution in [0.4, 0.5) is 25.2 Å². The molecule has 0 spiro atoms. The molecule has 3 aliphatic rings. The first kappa shape index (κ1) is 35.6. The lowest BCUT2D eigenvalue weighted by molar-refractivity contribution is 0.0523. The minimum absolute atomic E-state index is 0.209. The second-order valence-corrected chi connectivity index (χ2v) is 14.3. The van der Waals surface area contributed by atoms with E-state index in [0.29, 0.717) is 40.8 Å². The summed E-state index contributed by atoms with van der Waals surface area (Å²) >= 11 is 3.23. The van der Waals surface area contributed by atoms with Crippen LogP contribution in [-0.2, 0) is 20.8 Å². The Labute approximate surface area is 308 Å². The van der Waals surface area contributed by atoms with Gasteiger partial charge in [-0.2, -0.15) is 9.78 Å². The number of nitrogens with zero attached hydrogens (tertiary/aromatic N) is 7. The van der Waals surface area contributed by atoms with Gasteiger partial charge in [-0.25, -0.2) is 23.5 Å². The number of ether oxygens (including phenoxy) is 3. The number of hydrogen-bond donors (Lipinski definition) is 0. The second-order valence-electron chi connectivity index (χ2n) is 13.5. The van der Waals surface area contributed by atoms with E-state index in [1.54, 1.807) is 39.1 Å². The molecule has 11 nitrogen and oxygen atoms in total. The molecule has 2 fully saturated rings. The fourth-order valence-corrected chi connectivity index (χ4v) is 6.59. The molecule has 0 unspecified atom stereocenters. The maximum atomic E-state index is 14.3. The Balaban J connectivity index is 0.000000169. The number of carbonyl (C=O) groups excluding carboxylic acids is 1. The summed E-state index contributed by atoms with van der Waals surface area (Å²) < 4.78 is 45.3. The lowest BCUT2D eigenvalue weighted by Gasteiger charge is -2.28. The summed E-state index contributed by atoms with van der Waals surface area (Å²) in [6.45, 7) is 11.8. The van der Waals surface area contributed by atoms with Crippen LogP contribution in [0.3, 0.4) is 0 Å². The number of pyridine rings is 2. The number of anilines is 2. The van der Waals surface area contributed by atoms with Gasteiger partial charge >= 0.3 is 6.09 Å². The van der Waals surface area contributed by atoms with Crippen molar-refractivity contribution in [3.05, 3.63) is 99.8 Å². The molecule has 0 saturated carbocycles. The molecule has 8 rings (SSSR count). The van der Waals surface area contributed by atoms with Crippen molar-refractivity contribution in [2.75, 3.05) is 62.4 Å². The predicted molar refractivity (Wildman–Crippen MR) is 198 cm³/mol. The Bertz CT molecular complexity index is 2140. The Kier molecular flexibility index (Phi) is 10.3. The number of rotatable bonds is 4. The summed E-state index contributed by atoms with van der Waals surface area (Å²) in [5.41, 5.74) is 4.87. The Hall–Kier alpha value is -4.79. The third kappa shape index (κ3) is 7.83. The van der Waals surface area contributed by atoms with Gasteiger partial charge in [0.1, 0.15) is 34.6 Å². The molecule has 14 heteroatoms. The quantitative estimate of drug-likeness (QED) is 0.190. The van der Waals surface area contributed by atoms with Crippen molar-refractivity contribution in [2.45, 2.75) is 32.9 Å². The van der Waals surface area contributed by atoms with Crippen LogP contribution >= 0.6 is 15.9 Å². The van der Waals surface area contributed by atoms with Crippen LogP contribution in [0.1, 0.15) is 37.5 Å². The predicted octanol–water partition coefficient (Wildman–Crippen LogP) is 7.03. The summed E-state index contributed by atoms with van der Waals surface area (Å²) in [6, 6.07) is 15.5. The van der Waals surface area contributed by atoms with Crippen molar-refractivity contribution in [3.8, 4) is 11.3 Å². The fraction of sp³-hybridized carbons (Fsp3) is 0.342. The number of hydrogen-bond acceptors (Lipinski definition) is 10. The van der Waals surface area contributed by atoms with Crippen LogP contribution in [0.15, 0.2) is 76.5 Å². The van der Waals surface area contributed by atoms with Crippen LogP contribution < -0.4 is 9.80 Å². The van der Waals surface area contributed by atoms with E-state index in [1.807, 2.05) is 30.5 Å². The standard InChI is InChI=1S/C21H22BrFN4O3.C17H16FN3O/c1-21(2,3)30-20(28)27-17-12-16(23)15(22)11-14(17)19(25-27)13-4-5-24-18(10-13)26-6-8-29-9-7-26;18-14-1-2-15-13(9-14)11-20-17(15)12-3-4-19-16(10-12)21-5-7-22-8-6-21/h4-5,10-12H,6-9H2,1-3H3;1-4,9-10H,5-8,11H2. The van der Waals surface area contributed by atoms with Gasteiger partial charge in [-0.05, 0) is 90.8 Å². The van der Waals surface area contributed by atoms with E-state index in [-0.39, 0.29) is 5.82 Å². The number of carbonyl (C=O) groups is 1. The summed E-state index contributed by atoms with van der Waals surface area (Å²) in [5, 5.41) is 5.13. The van der Waals surface area contributed by atoms with E-state index >= 15 is 0 Å². The van der Waals surface area contributed by atoms with Crippen molar-refractivity contribution in [1.82, 2.24) is 19.7 Å². The van der Waals surface area contributed by atoms with Gasteiger partial charge in [0.25, 0.3) is 0 Å². The topological polar surface area (TPSA) is 107 Å². The highest BCUT2D eigenvalue weighted by Crippen LogP contribution is 2.33. The summed E-state index contributed by atoms with van der Waals surface area (Å²) in [5.74, 6) is 1.05. The molecule has 0 radical (unpaired) electrons. The maximum absolute atomic E-state index is 14.3. The van der Waals surface area contributed by atoms with Crippen molar-refractivity contribution in [2.24, 2.45) is 4.99 Å². The minimum Gasteiger partial charge on any atom is -0.442 e. The molecule has 0 atom stereocenters. The smallest absolute Gasteiger partial charge is 0.435 e. The van der Waals surface area contributed by atoms with Gasteiger partial charge in [0.05, 0.1) is 48.7 Å². The zero-order valence-corrected chi connectivity index (χ0v) is 30.7.